The number of aliphatic carboxylic acids is 1. The highest BCUT2D eigenvalue weighted by atomic mass is 35.5. The molecule has 3 nitrogen and oxygen atoms in total. The summed E-state index contributed by atoms with van der Waals surface area (Å²) >= 11 is 6.09. The molecule has 0 aliphatic rings. The fraction of sp³-hybridized carbons (Fsp3) is 0.438. The first-order chi connectivity index (χ1) is 9.79. The van der Waals surface area contributed by atoms with Crippen LogP contribution in [0.1, 0.15) is 36.5 Å². The van der Waals surface area contributed by atoms with Crippen LogP contribution in [0.5, 0.6) is 5.75 Å². The molecule has 0 unspecified atom stereocenters. The third kappa shape index (κ3) is 4.21. The minimum Gasteiger partial charge on any atom is -0.496 e. The normalized spacial score (nSPS) is 11.6. The van der Waals surface area contributed by atoms with Crippen LogP contribution in [-0.4, -0.2) is 18.2 Å². The molecule has 0 heterocycles. The second-order valence-corrected chi connectivity index (χ2v) is 5.42. The smallest absolute Gasteiger partial charge is 0.303 e. The van der Waals surface area contributed by atoms with Crippen molar-refractivity contribution in [3.8, 4) is 5.75 Å². The first kappa shape index (κ1) is 17.5. The van der Waals surface area contributed by atoms with E-state index in [9.17, 15) is 9.18 Å². The summed E-state index contributed by atoms with van der Waals surface area (Å²) in [6, 6.07) is 0. The second kappa shape index (κ2) is 7.46. The fourth-order valence-corrected chi connectivity index (χ4v) is 2.40. The molecule has 1 N–H and O–H groups in total. The van der Waals surface area contributed by atoms with Gasteiger partial charge >= 0.3 is 5.97 Å². The molecule has 21 heavy (non-hydrogen) atoms. The van der Waals surface area contributed by atoms with Gasteiger partial charge in [-0.3, -0.25) is 4.79 Å². The molecule has 0 fully saturated rings. The van der Waals surface area contributed by atoms with Crippen LogP contribution in [0.25, 0.3) is 0 Å². The van der Waals surface area contributed by atoms with Gasteiger partial charge in [0, 0.05) is 12.0 Å². The quantitative estimate of drug-likeness (QED) is 0.789. The van der Waals surface area contributed by atoms with Gasteiger partial charge in [0.2, 0.25) is 0 Å². The van der Waals surface area contributed by atoms with Gasteiger partial charge in [0.25, 0.3) is 0 Å². The Hall–Kier alpha value is -1.55. The Morgan fingerprint density at radius 1 is 1.33 bits per heavy atom. The Balaban J connectivity index is 3.08. The maximum absolute atomic E-state index is 14.1. The molecule has 0 saturated heterocycles. The van der Waals surface area contributed by atoms with Gasteiger partial charge in [0.05, 0.1) is 12.1 Å². The maximum atomic E-state index is 14.1. The van der Waals surface area contributed by atoms with Gasteiger partial charge in [-0.2, -0.15) is 0 Å². The van der Waals surface area contributed by atoms with E-state index in [1.165, 1.54) is 7.11 Å². The van der Waals surface area contributed by atoms with E-state index in [1.54, 1.807) is 13.8 Å². The largest absolute Gasteiger partial charge is 0.496 e. The SMILES string of the molecule is COc1c(C)c(C)c(F)c(Cl)c1C/C=C(\C)CCC(=O)O. The number of allylic oxidation sites excluding steroid dienone is 2. The van der Waals surface area contributed by atoms with E-state index < -0.39 is 11.8 Å². The molecule has 0 aromatic heterocycles. The van der Waals surface area contributed by atoms with Crippen molar-refractivity contribution < 1.29 is 19.0 Å². The second-order valence-electron chi connectivity index (χ2n) is 5.04. The summed E-state index contributed by atoms with van der Waals surface area (Å²) in [5, 5.41) is 8.73. The van der Waals surface area contributed by atoms with Crippen molar-refractivity contribution in [1.29, 1.82) is 0 Å². The Kier molecular flexibility index (Phi) is 6.21. The van der Waals surface area contributed by atoms with Crippen LogP contribution in [0, 0.1) is 19.7 Å². The summed E-state index contributed by atoms with van der Waals surface area (Å²) < 4.78 is 19.4. The van der Waals surface area contributed by atoms with Gasteiger partial charge in [0.15, 0.2) is 0 Å². The van der Waals surface area contributed by atoms with Crippen molar-refractivity contribution >= 4 is 17.6 Å². The Morgan fingerprint density at radius 3 is 2.48 bits per heavy atom. The first-order valence-corrected chi connectivity index (χ1v) is 7.05. The summed E-state index contributed by atoms with van der Waals surface area (Å²) in [6.07, 6.45) is 2.81. The lowest BCUT2D eigenvalue weighted by molar-refractivity contribution is -0.136. The predicted molar refractivity (Wildman–Crippen MR) is 81.8 cm³/mol. The van der Waals surface area contributed by atoms with Crippen LogP contribution in [-0.2, 0) is 11.2 Å². The number of methoxy groups -OCH3 is 1. The number of rotatable bonds is 6. The highest BCUT2D eigenvalue weighted by molar-refractivity contribution is 6.31. The topological polar surface area (TPSA) is 46.5 Å². The lowest BCUT2D eigenvalue weighted by Gasteiger charge is -2.16. The van der Waals surface area contributed by atoms with Crippen LogP contribution < -0.4 is 4.74 Å². The van der Waals surface area contributed by atoms with Gasteiger partial charge in [-0.25, -0.2) is 4.39 Å². The van der Waals surface area contributed by atoms with Crippen molar-refractivity contribution in [3.63, 3.8) is 0 Å². The van der Waals surface area contributed by atoms with E-state index >= 15 is 0 Å². The molecule has 116 valence electrons. The standard InChI is InChI=1S/C16H20ClFO3/c1-9(6-8-13(19)20)5-7-12-14(17)15(18)10(2)11(3)16(12)21-4/h5H,6-8H2,1-4H3,(H,19,20)/b9-5+. The molecule has 0 aliphatic heterocycles. The Morgan fingerprint density at radius 2 is 1.95 bits per heavy atom. The van der Waals surface area contributed by atoms with E-state index in [1.807, 2.05) is 13.0 Å². The number of benzene rings is 1. The van der Waals surface area contributed by atoms with Crippen molar-refractivity contribution in [2.24, 2.45) is 0 Å². The van der Waals surface area contributed by atoms with E-state index in [0.29, 0.717) is 29.7 Å². The fourth-order valence-electron chi connectivity index (χ4n) is 2.10. The number of ether oxygens (including phenoxy) is 1. The van der Waals surface area contributed by atoms with Gasteiger partial charge in [-0.1, -0.05) is 23.3 Å². The predicted octanol–water partition coefficient (Wildman–Crippen LogP) is 4.46. The summed E-state index contributed by atoms with van der Waals surface area (Å²) in [5.74, 6) is -0.682. The summed E-state index contributed by atoms with van der Waals surface area (Å²) in [6.45, 7) is 5.30. The number of halogens is 2. The minimum atomic E-state index is -0.837. The molecule has 0 amide bonds. The zero-order chi connectivity index (χ0) is 16.2. The number of carboxylic acids is 1. The molecule has 1 aromatic rings. The lowest BCUT2D eigenvalue weighted by atomic mass is 9.99. The Labute approximate surface area is 129 Å². The molecule has 0 aliphatic carbocycles. The first-order valence-electron chi connectivity index (χ1n) is 6.68. The molecule has 0 radical (unpaired) electrons. The van der Waals surface area contributed by atoms with E-state index in [-0.39, 0.29) is 11.4 Å². The van der Waals surface area contributed by atoms with Crippen molar-refractivity contribution in [2.75, 3.05) is 7.11 Å². The summed E-state index contributed by atoms with van der Waals surface area (Å²) in [7, 11) is 1.53. The van der Waals surface area contributed by atoms with Gasteiger partial charge in [-0.05, 0) is 44.7 Å². The van der Waals surface area contributed by atoms with Crippen LogP contribution in [0.4, 0.5) is 4.39 Å². The highest BCUT2D eigenvalue weighted by Gasteiger charge is 2.18. The number of carbonyl (C=O) groups is 1. The van der Waals surface area contributed by atoms with Crippen molar-refractivity contribution in [2.45, 2.75) is 40.0 Å². The number of hydrogen-bond acceptors (Lipinski definition) is 2. The molecular weight excluding hydrogens is 295 g/mol. The molecule has 1 aromatic carbocycles. The maximum Gasteiger partial charge on any atom is 0.303 e. The minimum absolute atomic E-state index is 0.0669. The molecule has 0 bridgehead atoms. The molecule has 0 atom stereocenters. The number of carboxylic acid groups (broad SMARTS) is 1. The van der Waals surface area contributed by atoms with Gasteiger partial charge < -0.3 is 9.84 Å². The third-order valence-corrected chi connectivity index (χ3v) is 3.95. The summed E-state index contributed by atoms with van der Waals surface area (Å²) in [5.41, 5.74) is 2.72. The molecule has 0 spiro atoms. The third-order valence-electron chi connectivity index (χ3n) is 3.56. The van der Waals surface area contributed by atoms with Crippen LogP contribution >= 0.6 is 11.6 Å². The van der Waals surface area contributed by atoms with E-state index in [2.05, 4.69) is 0 Å². The van der Waals surface area contributed by atoms with Gasteiger partial charge in [0.1, 0.15) is 11.6 Å². The monoisotopic (exact) mass is 314 g/mol. The van der Waals surface area contributed by atoms with E-state index in [0.717, 1.165) is 11.1 Å². The Bertz CT molecular complexity index is 580. The molecule has 5 heteroatoms. The molecule has 1 rings (SSSR count). The average Bonchev–Trinajstić information content (AvgIpc) is 2.45. The van der Waals surface area contributed by atoms with Crippen molar-refractivity contribution in [1.82, 2.24) is 0 Å². The zero-order valence-corrected chi connectivity index (χ0v) is 13.5. The molecular formula is C16H20ClFO3. The lowest BCUT2D eigenvalue weighted by Crippen LogP contribution is -2.02. The van der Waals surface area contributed by atoms with Gasteiger partial charge in [-0.15, -0.1) is 0 Å². The van der Waals surface area contributed by atoms with Crippen LogP contribution in [0.3, 0.4) is 0 Å². The average molecular weight is 315 g/mol. The number of hydrogen-bond donors (Lipinski definition) is 1. The van der Waals surface area contributed by atoms with E-state index in [4.69, 9.17) is 21.4 Å². The van der Waals surface area contributed by atoms with Crippen LogP contribution in [0.15, 0.2) is 11.6 Å². The van der Waals surface area contributed by atoms with Crippen LogP contribution in [0.2, 0.25) is 5.02 Å². The molecule has 0 saturated carbocycles. The zero-order valence-electron chi connectivity index (χ0n) is 12.7. The summed E-state index contributed by atoms with van der Waals surface area (Å²) in [4.78, 5) is 10.5. The van der Waals surface area contributed by atoms with Crippen molar-refractivity contribution in [3.05, 3.63) is 39.2 Å². The highest BCUT2D eigenvalue weighted by Crippen LogP contribution is 2.36.